The Kier molecular flexibility index (Phi) is 3.93. The summed E-state index contributed by atoms with van der Waals surface area (Å²) >= 11 is 0. The molecule has 0 radical (unpaired) electrons. The number of halogens is 1. The van der Waals surface area contributed by atoms with Crippen LogP contribution in [0.25, 0.3) is 0 Å². The lowest BCUT2D eigenvalue weighted by Gasteiger charge is -2.26. The van der Waals surface area contributed by atoms with E-state index < -0.39 is 22.1 Å². The highest BCUT2D eigenvalue weighted by atomic mass is 19.1. The number of hydrogen-bond donors (Lipinski definition) is 0. The first kappa shape index (κ1) is 13.3. The van der Waals surface area contributed by atoms with Crippen LogP contribution in [0, 0.1) is 21.3 Å². The first-order valence-electron chi connectivity index (χ1n) is 5.20. The largest absolute Gasteiger partial charge is 0.303 e. The Morgan fingerprint density at radius 2 is 1.94 bits per heavy atom. The molecule has 0 saturated heterocycles. The van der Waals surface area contributed by atoms with Crippen molar-refractivity contribution >= 4 is 6.29 Å². The SMILES string of the molecule is CC(C)(C=O)[C@@H](C[N+](=O)[O-])c1ccc(F)cc1. The summed E-state index contributed by atoms with van der Waals surface area (Å²) in [7, 11) is 0. The van der Waals surface area contributed by atoms with Gasteiger partial charge < -0.3 is 4.79 Å². The molecule has 0 heterocycles. The van der Waals surface area contributed by atoms with Gasteiger partial charge in [-0.2, -0.15) is 0 Å². The fraction of sp³-hybridized carbons (Fsp3) is 0.417. The maximum absolute atomic E-state index is 12.8. The van der Waals surface area contributed by atoms with Crippen LogP contribution in [0.3, 0.4) is 0 Å². The van der Waals surface area contributed by atoms with Gasteiger partial charge in [0.25, 0.3) is 0 Å². The predicted octanol–water partition coefficient (Wildman–Crippen LogP) is 2.41. The molecule has 17 heavy (non-hydrogen) atoms. The maximum atomic E-state index is 12.8. The van der Waals surface area contributed by atoms with Crippen molar-refractivity contribution in [3.8, 4) is 0 Å². The third-order valence-corrected chi connectivity index (χ3v) is 2.81. The maximum Gasteiger partial charge on any atom is 0.211 e. The Hall–Kier alpha value is -1.78. The van der Waals surface area contributed by atoms with Gasteiger partial charge in [-0.3, -0.25) is 10.1 Å². The van der Waals surface area contributed by atoms with Crippen LogP contribution < -0.4 is 0 Å². The van der Waals surface area contributed by atoms with E-state index in [1.165, 1.54) is 24.3 Å². The van der Waals surface area contributed by atoms with Crippen molar-refractivity contribution in [2.45, 2.75) is 19.8 Å². The molecule has 1 atom stereocenters. The topological polar surface area (TPSA) is 60.2 Å². The molecule has 1 aromatic rings. The zero-order valence-corrected chi connectivity index (χ0v) is 9.72. The molecule has 0 unspecified atom stereocenters. The molecule has 0 amide bonds. The molecule has 0 aromatic heterocycles. The third kappa shape index (κ3) is 3.34. The van der Waals surface area contributed by atoms with Crippen molar-refractivity contribution < 1.29 is 14.1 Å². The number of rotatable bonds is 5. The molecule has 0 spiro atoms. The van der Waals surface area contributed by atoms with E-state index in [0.717, 1.165) is 0 Å². The normalized spacial score (nSPS) is 13.1. The summed E-state index contributed by atoms with van der Waals surface area (Å²) in [5.74, 6) is -0.965. The smallest absolute Gasteiger partial charge is 0.211 e. The summed E-state index contributed by atoms with van der Waals surface area (Å²) in [5, 5.41) is 10.6. The molecule has 0 aliphatic heterocycles. The second-order valence-corrected chi connectivity index (χ2v) is 4.56. The fourth-order valence-electron chi connectivity index (χ4n) is 1.70. The third-order valence-electron chi connectivity index (χ3n) is 2.81. The van der Waals surface area contributed by atoms with Crippen molar-refractivity contribution in [2.75, 3.05) is 6.54 Å². The van der Waals surface area contributed by atoms with E-state index in [0.29, 0.717) is 11.8 Å². The van der Waals surface area contributed by atoms with Gasteiger partial charge in [-0.25, -0.2) is 4.39 Å². The highest BCUT2D eigenvalue weighted by molar-refractivity contribution is 5.60. The van der Waals surface area contributed by atoms with Crippen molar-refractivity contribution in [3.05, 3.63) is 45.8 Å². The number of benzene rings is 1. The summed E-state index contributed by atoms with van der Waals surface area (Å²) in [4.78, 5) is 21.2. The summed E-state index contributed by atoms with van der Waals surface area (Å²) in [6.45, 7) is 2.92. The van der Waals surface area contributed by atoms with Crippen LogP contribution in [-0.4, -0.2) is 17.8 Å². The lowest BCUT2D eigenvalue weighted by molar-refractivity contribution is -0.485. The molecule has 5 heteroatoms. The fourth-order valence-corrected chi connectivity index (χ4v) is 1.70. The number of aldehydes is 1. The first-order valence-corrected chi connectivity index (χ1v) is 5.20. The average molecular weight is 239 g/mol. The zero-order valence-electron chi connectivity index (χ0n) is 9.72. The van der Waals surface area contributed by atoms with Gasteiger partial charge in [0, 0.05) is 10.3 Å². The predicted molar refractivity (Wildman–Crippen MR) is 60.8 cm³/mol. The molecule has 0 bridgehead atoms. The summed E-state index contributed by atoms with van der Waals surface area (Å²) in [5.41, 5.74) is -0.259. The summed E-state index contributed by atoms with van der Waals surface area (Å²) < 4.78 is 12.8. The minimum atomic E-state index is -0.856. The Labute approximate surface area is 98.6 Å². The van der Waals surface area contributed by atoms with Crippen molar-refractivity contribution in [1.82, 2.24) is 0 Å². The van der Waals surface area contributed by atoms with Crippen LogP contribution in [-0.2, 0) is 4.79 Å². The van der Waals surface area contributed by atoms with E-state index in [-0.39, 0.29) is 6.54 Å². The van der Waals surface area contributed by atoms with Crippen molar-refractivity contribution in [1.29, 1.82) is 0 Å². The van der Waals surface area contributed by atoms with Crippen LogP contribution in [0.1, 0.15) is 25.3 Å². The molecule has 92 valence electrons. The molecule has 0 aliphatic carbocycles. The van der Waals surface area contributed by atoms with E-state index in [1.54, 1.807) is 13.8 Å². The van der Waals surface area contributed by atoms with E-state index >= 15 is 0 Å². The van der Waals surface area contributed by atoms with Crippen LogP contribution in [0.15, 0.2) is 24.3 Å². The van der Waals surface area contributed by atoms with Gasteiger partial charge in [-0.15, -0.1) is 0 Å². The van der Waals surface area contributed by atoms with E-state index in [9.17, 15) is 19.3 Å². The number of hydrogen-bond acceptors (Lipinski definition) is 3. The zero-order chi connectivity index (χ0) is 13.1. The quantitative estimate of drug-likeness (QED) is 0.450. The summed E-state index contributed by atoms with van der Waals surface area (Å²) in [6, 6.07) is 5.44. The Bertz CT molecular complexity index is 414. The summed E-state index contributed by atoms with van der Waals surface area (Å²) in [6.07, 6.45) is 0.699. The van der Waals surface area contributed by atoms with E-state index in [1.807, 2.05) is 0 Å². The van der Waals surface area contributed by atoms with Crippen LogP contribution in [0.4, 0.5) is 4.39 Å². The molecule has 1 rings (SSSR count). The molecular formula is C12H14FNO3. The lowest BCUT2D eigenvalue weighted by atomic mass is 9.76. The van der Waals surface area contributed by atoms with Gasteiger partial charge in [0.2, 0.25) is 6.54 Å². The minimum absolute atomic E-state index is 0.350. The van der Waals surface area contributed by atoms with Gasteiger partial charge in [0.15, 0.2) is 0 Å². The lowest BCUT2D eigenvalue weighted by Crippen LogP contribution is -2.29. The number of nitro groups is 1. The highest BCUT2D eigenvalue weighted by Gasteiger charge is 2.34. The molecule has 4 nitrogen and oxygen atoms in total. The molecular weight excluding hydrogens is 225 g/mol. The van der Waals surface area contributed by atoms with Crippen LogP contribution in [0.5, 0.6) is 0 Å². The molecule has 0 saturated carbocycles. The second kappa shape index (κ2) is 5.03. The van der Waals surface area contributed by atoms with Gasteiger partial charge in [0.1, 0.15) is 12.1 Å². The first-order chi connectivity index (χ1) is 7.86. The Balaban J connectivity index is 3.10. The molecule has 0 fully saturated rings. The van der Waals surface area contributed by atoms with Gasteiger partial charge >= 0.3 is 0 Å². The second-order valence-electron chi connectivity index (χ2n) is 4.56. The number of carbonyl (C=O) groups excluding carboxylic acids is 1. The minimum Gasteiger partial charge on any atom is -0.303 e. The molecule has 0 aliphatic rings. The van der Waals surface area contributed by atoms with Gasteiger partial charge in [-0.1, -0.05) is 26.0 Å². The highest BCUT2D eigenvalue weighted by Crippen LogP contribution is 2.33. The van der Waals surface area contributed by atoms with E-state index in [2.05, 4.69) is 0 Å². The standard InChI is InChI=1S/C12H14FNO3/c1-12(2,8-15)11(7-14(16)17)9-3-5-10(13)6-4-9/h3-6,8,11H,7H2,1-2H3/t11-/m0/s1. The van der Waals surface area contributed by atoms with Gasteiger partial charge in [-0.05, 0) is 17.7 Å². The monoisotopic (exact) mass is 239 g/mol. The van der Waals surface area contributed by atoms with Crippen molar-refractivity contribution in [2.24, 2.45) is 5.41 Å². The number of nitrogens with zero attached hydrogens (tertiary/aromatic N) is 1. The molecule has 1 aromatic carbocycles. The van der Waals surface area contributed by atoms with Gasteiger partial charge in [0.05, 0.1) is 5.92 Å². The van der Waals surface area contributed by atoms with Crippen molar-refractivity contribution in [3.63, 3.8) is 0 Å². The van der Waals surface area contributed by atoms with E-state index in [4.69, 9.17) is 0 Å². The average Bonchev–Trinajstić information content (AvgIpc) is 2.27. The Morgan fingerprint density at radius 3 is 2.35 bits per heavy atom. The number of carbonyl (C=O) groups is 1. The Morgan fingerprint density at radius 1 is 1.41 bits per heavy atom. The van der Waals surface area contributed by atoms with Crippen LogP contribution >= 0.6 is 0 Å². The van der Waals surface area contributed by atoms with Crippen LogP contribution in [0.2, 0.25) is 0 Å². The molecule has 0 N–H and O–H groups in total.